The van der Waals surface area contributed by atoms with Gasteiger partial charge in [-0.1, -0.05) is 43.0 Å². The van der Waals surface area contributed by atoms with Crippen LogP contribution in [0.3, 0.4) is 0 Å². The Morgan fingerprint density at radius 1 is 1.03 bits per heavy atom. The third kappa shape index (κ3) is 4.35. The Balaban J connectivity index is 1.86. The van der Waals surface area contributed by atoms with Crippen LogP contribution in [0.1, 0.15) is 24.5 Å². The minimum absolute atomic E-state index is 0.121. The molecule has 0 amide bonds. The van der Waals surface area contributed by atoms with Crippen molar-refractivity contribution in [3.8, 4) is 16.9 Å². The third-order valence-corrected chi connectivity index (χ3v) is 8.20. The number of carbonyl (C=O) groups excluding carboxylic acids is 1. The maximum atomic E-state index is 12.8. The number of rotatable bonds is 10. The van der Waals surface area contributed by atoms with Crippen molar-refractivity contribution in [2.45, 2.75) is 31.9 Å². The predicted octanol–water partition coefficient (Wildman–Crippen LogP) is 4.42. The van der Waals surface area contributed by atoms with Gasteiger partial charge in [-0.25, -0.2) is 0 Å². The second-order valence-corrected chi connectivity index (χ2v) is 10.3. The van der Waals surface area contributed by atoms with Gasteiger partial charge in [-0.15, -0.1) is 0 Å². The van der Waals surface area contributed by atoms with Crippen molar-refractivity contribution in [3.63, 3.8) is 0 Å². The van der Waals surface area contributed by atoms with E-state index >= 15 is 0 Å². The summed E-state index contributed by atoms with van der Waals surface area (Å²) in [6.07, 6.45) is 0.544. The van der Waals surface area contributed by atoms with Crippen LogP contribution in [0, 0.1) is 0 Å². The predicted molar refractivity (Wildman–Crippen MR) is 115 cm³/mol. The van der Waals surface area contributed by atoms with E-state index in [0.29, 0.717) is 18.0 Å². The van der Waals surface area contributed by atoms with Gasteiger partial charge >= 0.3 is 8.80 Å². The van der Waals surface area contributed by atoms with Crippen LogP contribution in [0.15, 0.2) is 54.6 Å². The number of hydrogen-bond acceptors (Lipinski definition) is 5. The van der Waals surface area contributed by atoms with Crippen molar-refractivity contribution < 1.29 is 22.8 Å². The van der Waals surface area contributed by atoms with E-state index in [-0.39, 0.29) is 5.78 Å². The summed E-state index contributed by atoms with van der Waals surface area (Å²) >= 11 is 0. The average molecular weight is 413 g/mol. The minimum atomic E-state index is -2.81. The van der Waals surface area contributed by atoms with E-state index in [1.165, 1.54) is 11.1 Å². The Bertz CT molecular complexity index is 896. The molecule has 0 spiro atoms. The van der Waals surface area contributed by atoms with Gasteiger partial charge in [-0.05, 0) is 41.7 Å². The van der Waals surface area contributed by atoms with Gasteiger partial charge in [0.1, 0.15) is 5.75 Å². The van der Waals surface area contributed by atoms with Crippen molar-refractivity contribution in [2.75, 3.05) is 21.3 Å². The molecule has 0 N–H and O–H groups in total. The largest absolute Gasteiger partial charge is 0.500 e. The zero-order chi connectivity index (χ0) is 21.0. The van der Waals surface area contributed by atoms with Gasteiger partial charge < -0.3 is 18.0 Å². The number of ketones is 1. The summed E-state index contributed by atoms with van der Waals surface area (Å²) in [5.41, 5.74) is 5.23. The Morgan fingerprint density at radius 3 is 2.34 bits per heavy atom. The normalized spacial score (nSPS) is 13.5. The lowest BCUT2D eigenvalue weighted by molar-refractivity contribution is -0.122. The second kappa shape index (κ2) is 9.05. The molecule has 0 aliphatic heterocycles. The number of fused-ring (bicyclic) bond motifs is 3. The molecule has 6 heteroatoms. The van der Waals surface area contributed by atoms with Crippen molar-refractivity contribution in [3.05, 3.63) is 65.7 Å². The molecule has 0 radical (unpaired) electrons. The van der Waals surface area contributed by atoms with Crippen molar-refractivity contribution in [1.82, 2.24) is 0 Å². The zero-order valence-corrected chi connectivity index (χ0v) is 18.5. The fourth-order valence-corrected chi connectivity index (χ4v) is 5.50. The zero-order valence-electron chi connectivity index (χ0n) is 17.5. The van der Waals surface area contributed by atoms with Gasteiger partial charge in [0.25, 0.3) is 0 Å². The van der Waals surface area contributed by atoms with Crippen LogP contribution in [0.5, 0.6) is 5.75 Å². The molecule has 0 bridgehead atoms. The molecular formula is C23H28O5Si. The molecule has 0 heterocycles. The molecule has 1 atom stereocenters. The summed E-state index contributed by atoms with van der Waals surface area (Å²) in [4.78, 5) is 12.8. The summed E-state index contributed by atoms with van der Waals surface area (Å²) in [6, 6.07) is 14.8. The van der Waals surface area contributed by atoms with E-state index in [1.807, 2.05) is 24.3 Å². The number of ether oxygens (including phenoxy) is 1. The second-order valence-electron chi connectivity index (χ2n) is 7.20. The molecule has 1 aliphatic rings. The Morgan fingerprint density at radius 2 is 1.69 bits per heavy atom. The number of benzene rings is 2. The van der Waals surface area contributed by atoms with Crippen LogP contribution in [0.25, 0.3) is 11.1 Å². The number of carbonyl (C=O) groups is 1. The summed E-state index contributed by atoms with van der Waals surface area (Å²) in [5.74, 6) is 0.613. The maximum absolute atomic E-state index is 12.8. The molecule has 0 saturated heterocycles. The lowest BCUT2D eigenvalue weighted by atomic mass is 10.0. The summed E-state index contributed by atoms with van der Waals surface area (Å²) in [6.45, 7) is 5.52. The van der Waals surface area contributed by atoms with Crippen LogP contribution in [-0.4, -0.2) is 42.0 Å². The first kappa shape index (κ1) is 21.5. The molecule has 1 aliphatic carbocycles. The molecule has 29 heavy (non-hydrogen) atoms. The fourth-order valence-electron chi connectivity index (χ4n) is 3.77. The van der Waals surface area contributed by atoms with E-state index in [2.05, 4.69) is 24.8 Å². The molecule has 154 valence electrons. The van der Waals surface area contributed by atoms with E-state index in [9.17, 15) is 4.79 Å². The first-order chi connectivity index (χ1) is 13.9. The molecule has 3 rings (SSSR count). The minimum Gasteiger partial charge on any atom is -0.482 e. The van der Waals surface area contributed by atoms with Gasteiger partial charge in [-0.3, -0.25) is 4.79 Å². The van der Waals surface area contributed by atoms with E-state index in [4.69, 9.17) is 18.0 Å². The van der Waals surface area contributed by atoms with Gasteiger partial charge in [0.15, 0.2) is 11.9 Å². The van der Waals surface area contributed by atoms with Crippen molar-refractivity contribution in [1.29, 1.82) is 0 Å². The molecular weight excluding hydrogens is 384 g/mol. The third-order valence-electron chi connectivity index (χ3n) is 5.44. The standard InChI is InChI=1S/C23H28O5Si/c1-16(2)23(24)22(13-14-29(25-3,26-4)27-5)28-21-12-8-11-19-18-10-7-6-9-17(18)15-20(19)21/h6-12,22H,1,13-15H2,2-5H3. The number of Topliss-reactive ketones (excluding diaryl/α,β-unsaturated/α-hetero) is 1. The fraction of sp³-hybridized carbons (Fsp3) is 0.348. The molecule has 0 fully saturated rings. The average Bonchev–Trinajstić information content (AvgIpc) is 3.13. The van der Waals surface area contributed by atoms with Gasteiger partial charge in [0, 0.05) is 39.4 Å². The van der Waals surface area contributed by atoms with Gasteiger partial charge in [0.05, 0.1) is 0 Å². The van der Waals surface area contributed by atoms with Crippen molar-refractivity contribution in [2.24, 2.45) is 0 Å². The number of hydrogen-bond donors (Lipinski definition) is 0. The smallest absolute Gasteiger partial charge is 0.482 e. The highest BCUT2D eigenvalue weighted by Gasteiger charge is 2.39. The Hall–Kier alpha value is -2.25. The lowest BCUT2D eigenvalue weighted by Gasteiger charge is -2.27. The van der Waals surface area contributed by atoms with Crippen LogP contribution in [-0.2, 0) is 24.5 Å². The maximum Gasteiger partial charge on any atom is 0.500 e. The highest BCUT2D eigenvalue weighted by Crippen LogP contribution is 2.41. The molecule has 0 saturated carbocycles. The SMILES string of the molecule is C=C(C)C(=O)C(CC[Si](OC)(OC)OC)Oc1cccc2c1Cc1ccccc1-2. The highest BCUT2D eigenvalue weighted by atomic mass is 28.4. The van der Waals surface area contributed by atoms with E-state index in [0.717, 1.165) is 23.3 Å². The molecule has 2 aromatic rings. The summed E-state index contributed by atoms with van der Waals surface area (Å²) in [7, 11) is 1.89. The lowest BCUT2D eigenvalue weighted by Crippen LogP contribution is -2.44. The Kier molecular flexibility index (Phi) is 6.69. The van der Waals surface area contributed by atoms with Crippen LogP contribution < -0.4 is 4.74 Å². The molecule has 5 nitrogen and oxygen atoms in total. The van der Waals surface area contributed by atoms with Crippen LogP contribution in [0.2, 0.25) is 6.04 Å². The Labute approximate surface area is 173 Å². The summed E-state index contributed by atoms with van der Waals surface area (Å²) < 4.78 is 22.8. The van der Waals surface area contributed by atoms with Crippen LogP contribution >= 0.6 is 0 Å². The van der Waals surface area contributed by atoms with Crippen LogP contribution in [0.4, 0.5) is 0 Å². The molecule has 2 aromatic carbocycles. The quantitative estimate of drug-likeness (QED) is 0.364. The molecule has 1 unspecified atom stereocenters. The topological polar surface area (TPSA) is 54.0 Å². The highest BCUT2D eigenvalue weighted by molar-refractivity contribution is 6.60. The molecule has 0 aromatic heterocycles. The van der Waals surface area contributed by atoms with E-state index in [1.54, 1.807) is 28.3 Å². The first-order valence-electron chi connectivity index (χ1n) is 9.66. The van der Waals surface area contributed by atoms with Gasteiger partial charge in [0.2, 0.25) is 0 Å². The summed E-state index contributed by atoms with van der Waals surface area (Å²) in [5, 5.41) is 0. The van der Waals surface area contributed by atoms with E-state index < -0.39 is 14.9 Å². The van der Waals surface area contributed by atoms with Gasteiger partial charge in [-0.2, -0.15) is 0 Å². The monoisotopic (exact) mass is 412 g/mol. The first-order valence-corrected chi connectivity index (χ1v) is 11.6. The van der Waals surface area contributed by atoms with Crippen molar-refractivity contribution >= 4 is 14.6 Å².